The van der Waals surface area contributed by atoms with Crippen molar-refractivity contribution in [2.45, 2.75) is 48.8 Å². The second kappa shape index (κ2) is 6.06. The van der Waals surface area contributed by atoms with Gasteiger partial charge < -0.3 is 16.0 Å². The molecule has 27 heavy (non-hydrogen) atoms. The molecule has 3 aliphatic rings. The molecule has 2 heterocycles. The van der Waals surface area contributed by atoms with Gasteiger partial charge in [-0.3, -0.25) is 0 Å². The molecule has 4 rings (SSSR count). The summed E-state index contributed by atoms with van der Waals surface area (Å²) >= 11 is 0. The molecule has 11 heteroatoms. The molecule has 0 bridgehead atoms. The Morgan fingerprint density at radius 1 is 1.19 bits per heavy atom. The Balaban J connectivity index is 1.86. The van der Waals surface area contributed by atoms with Crippen molar-refractivity contribution in [3.8, 4) is 0 Å². The molecule has 1 aromatic carbocycles. The molecule has 0 amide bonds. The van der Waals surface area contributed by atoms with Crippen LogP contribution >= 0.6 is 0 Å². The molecule has 3 N–H and O–H groups in total. The van der Waals surface area contributed by atoms with Gasteiger partial charge in [0.25, 0.3) is 10.0 Å². The summed E-state index contributed by atoms with van der Waals surface area (Å²) in [6.07, 6.45) is -3.13. The van der Waals surface area contributed by atoms with Gasteiger partial charge in [0.1, 0.15) is 22.6 Å². The zero-order valence-corrected chi connectivity index (χ0v) is 14.9. The van der Waals surface area contributed by atoms with Crippen LogP contribution in [0.25, 0.3) is 0 Å². The highest BCUT2D eigenvalue weighted by molar-refractivity contribution is 7.90. The number of alkyl halides is 3. The first-order valence-electron chi connectivity index (χ1n) is 8.60. The van der Waals surface area contributed by atoms with Gasteiger partial charge in [0.15, 0.2) is 0 Å². The summed E-state index contributed by atoms with van der Waals surface area (Å²) in [5.74, 6) is -0.827. The van der Waals surface area contributed by atoms with Crippen LogP contribution < -0.4 is 16.0 Å². The lowest BCUT2D eigenvalue weighted by atomic mass is 9.97. The Hall–Kier alpha value is -1.88. The molecule has 2 atom stereocenters. The topological polar surface area (TPSA) is 87.8 Å². The summed E-state index contributed by atoms with van der Waals surface area (Å²) in [7, 11) is -4.20. The second-order valence-electron chi connectivity index (χ2n) is 7.20. The van der Waals surface area contributed by atoms with Crippen LogP contribution in [0.4, 0.5) is 28.9 Å². The Morgan fingerprint density at radius 3 is 2.52 bits per heavy atom. The van der Waals surface area contributed by atoms with Crippen molar-refractivity contribution in [1.82, 2.24) is 0 Å². The predicted octanol–water partition coefficient (Wildman–Crippen LogP) is 2.61. The number of amidine groups is 1. The van der Waals surface area contributed by atoms with E-state index in [0.717, 1.165) is 29.9 Å². The molecule has 0 aromatic heterocycles. The first-order chi connectivity index (χ1) is 12.6. The highest BCUT2D eigenvalue weighted by atomic mass is 32.2. The van der Waals surface area contributed by atoms with E-state index in [1.54, 1.807) is 0 Å². The summed E-state index contributed by atoms with van der Waals surface area (Å²) in [4.78, 5) is 0.510. The standard InChI is InChI=1S/C16H18F4N4O2S/c17-9-5-11(24-7-10(21)3-4-13(24)16(18,19)20)14-12(6-9)27(25,26)23-15(22-14)8-1-2-8/h5-6,8,10,13H,1-4,7,21H2,(H,22,23)/t10-,13-/m1/s1. The summed E-state index contributed by atoms with van der Waals surface area (Å²) in [5, 5.41) is 2.85. The van der Waals surface area contributed by atoms with E-state index in [1.807, 2.05) is 0 Å². The summed E-state index contributed by atoms with van der Waals surface area (Å²) < 4.78 is 83.5. The van der Waals surface area contributed by atoms with Crippen LogP contribution in [0.5, 0.6) is 0 Å². The lowest BCUT2D eigenvalue weighted by molar-refractivity contribution is -0.153. The number of hydrogen-bond donors (Lipinski definition) is 2. The van der Waals surface area contributed by atoms with E-state index in [2.05, 4.69) is 9.71 Å². The molecule has 1 aromatic rings. The molecule has 148 valence electrons. The lowest BCUT2D eigenvalue weighted by Gasteiger charge is -2.42. The van der Waals surface area contributed by atoms with Crippen molar-refractivity contribution in [1.29, 1.82) is 0 Å². The van der Waals surface area contributed by atoms with Gasteiger partial charge in [0.05, 0.1) is 11.4 Å². The molecular formula is C16H18F4N4O2S. The monoisotopic (exact) mass is 406 g/mol. The Bertz CT molecular complexity index is 912. The number of fused-ring (bicyclic) bond motifs is 1. The van der Waals surface area contributed by atoms with Crippen LogP contribution in [0.3, 0.4) is 0 Å². The minimum atomic E-state index is -4.56. The number of nitrogens with one attached hydrogen (secondary N) is 1. The van der Waals surface area contributed by atoms with Gasteiger partial charge in [-0.1, -0.05) is 0 Å². The molecule has 1 saturated carbocycles. The molecule has 0 unspecified atom stereocenters. The van der Waals surface area contributed by atoms with Crippen LogP contribution in [0.2, 0.25) is 0 Å². The van der Waals surface area contributed by atoms with E-state index < -0.39 is 39.0 Å². The molecule has 2 fully saturated rings. The zero-order chi connectivity index (χ0) is 19.6. The minimum absolute atomic E-state index is 0.0587. The van der Waals surface area contributed by atoms with Crippen molar-refractivity contribution < 1.29 is 26.0 Å². The maximum atomic E-state index is 14.2. The van der Waals surface area contributed by atoms with Gasteiger partial charge in [-0.05, 0) is 37.8 Å². The number of anilines is 2. The zero-order valence-electron chi connectivity index (χ0n) is 14.1. The van der Waals surface area contributed by atoms with Crippen molar-refractivity contribution in [2.75, 3.05) is 16.8 Å². The number of hydrogen-bond acceptors (Lipinski definition) is 5. The number of nitrogens with two attached hydrogens (primary N) is 1. The van der Waals surface area contributed by atoms with Crippen molar-refractivity contribution in [3.63, 3.8) is 0 Å². The molecule has 1 aliphatic carbocycles. The average molecular weight is 406 g/mol. The van der Waals surface area contributed by atoms with E-state index in [9.17, 15) is 26.0 Å². The van der Waals surface area contributed by atoms with Gasteiger partial charge in [-0.2, -0.15) is 21.6 Å². The molecule has 0 spiro atoms. The van der Waals surface area contributed by atoms with Crippen LogP contribution in [0.1, 0.15) is 25.7 Å². The van der Waals surface area contributed by atoms with Gasteiger partial charge in [-0.15, -0.1) is 4.40 Å². The molecular weight excluding hydrogens is 388 g/mol. The van der Waals surface area contributed by atoms with Crippen LogP contribution in [-0.4, -0.2) is 39.1 Å². The first-order valence-corrected chi connectivity index (χ1v) is 10.0. The average Bonchev–Trinajstić information content (AvgIpc) is 3.38. The molecule has 6 nitrogen and oxygen atoms in total. The molecule has 2 aliphatic heterocycles. The molecule has 1 saturated heterocycles. The van der Waals surface area contributed by atoms with Gasteiger partial charge in [0, 0.05) is 18.5 Å². The normalized spacial score (nSPS) is 27.6. The number of rotatable bonds is 2. The van der Waals surface area contributed by atoms with E-state index in [1.165, 1.54) is 0 Å². The van der Waals surface area contributed by atoms with Gasteiger partial charge >= 0.3 is 6.18 Å². The fourth-order valence-corrected chi connectivity index (χ4v) is 4.82. The first kappa shape index (κ1) is 18.5. The number of nitrogens with zero attached hydrogens (tertiary/aromatic N) is 2. The number of sulfonamides is 1. The van der Waals surface area contributed by atoms with Gasteiger partial charge in [0.2, 0.25) is 0 Å². The predicted molar refractivity (Wildman–Crippen MR) is 91.8 cm³/mol. The lowest BCUT2D eigenvalue weighted by Crippen LogP contribution is -2.55. The van der Waals surface area contributed by atoms with Crippen LogP contribution in [0, 0.1) is 11.7 Å². The van der Waals surface area contributed by atoms with E-state index in [0.29, 0.717) is 0 Å². The maximum Gasteiger partial charge on any atom is 0.408 e. The Kier molecular flexibility index (Phi) is 4.15. The summed E-state index contributed by atoms with van der Waals surface area (Å²) in [6, 6.07) is -0.690. The van der Waals surface area contributed by atoms with Crippen molar-refractivity contribution in [2.24, 2.45) is 16.0 Å². The number of halogens is 4. The summed E-state index contributed by atoms with van der Waals surface area (Å²) in [5.41, 5.74) is 5.64. The smallest absolute Gasteiger partial charge is 0.356 e. The fourth-order valence-electron chi connectivity index (χ4n) is 3.59. The Morgan fingerprint density at radius 2 is 1.89 bits per heavy atom. The van der Waals surface area contributed by atoms with E-state index in [-0.39, 0.29) is 42.5 Å². The van der Waals surface area contributed by atoms with Crippen molar-refractivity contribution >= 4 is 27.2 Å². The minimum Gasteiger partial charge on any atom is -0.356 e. The third kappa shape index (κ3) is 3.38. The third-order valence-corrected chi connectivity index (χ3v) is 6.38. The number of piperidine rings is 1. The Labute approximate surface area is 153 Å². The highest BCUT2D eigenvalue weighted by Gasteiger charge is 2.47. The van der Waals surface area contributed by atoms with E-state index >= 15 is 0 Å². The van der Waals surface area contributed by atoms with Crippen molar-refractivity contribution in [3.05, 3.63) is 17.9 Å². The molecule has 0 radical (unpaired) electrons. The van der Waals surface area contributed by atoms with E-state index in [4.69, 9.17) is 5.73 Å². The second-order valence-corrected chi connectivity index (χ2v) is 8.77. The summed E-state index contributed by atoms with van der Waals surface area (Å²) in [6.45, 7) is -0.155. The van der Waals surface area contributed by atoms with Gasteiger partial charge in [-0.25, -0.2) is 4.39 Å². The van der Waals surface area contributed by atoms with Crippen LogP contribution in [0.15, 0.2) is 21.4 Å². The SMILES string of the molecule is N[C@@H]1CC[C@H](C(F)(F)F)N(c2cc(F)cc3c2NC(C2CC2)=NS3(=O)=O)C1. The quantitative estimate of drug-likeness (QED) is 0.738. The highest BCUT2D eigenvalue weighted by Crippen LogP contribution is 2.44. The number of benzene rings is 1. The largest absolute Gasteiger partial charge is 0.408 e. The maximum absolute atomic E-state index is 14.2. The fraction of sp³-hybridized carbons (Fsp3) is 0.562. The van der Waals surface area contributed by atoms with Crippen LogP contribution in [-0.2, 0) is 10.0 Å². The third-order valence-electron chi connectivity index (χ3n) is 5.07.